The van der Waals surface area contributed by atoms with Gasteiger partial charge in [-0.25, -0.2) is 4.79 Å². The van der Waals surface area contributed by atoms with Crippen molar-refractivity contribution in [3.63, 3.8) is 0 Å². The summed E-state index contributed by atoms with van der Waals surface area (Å²) in [4.78, 5) is 11.1. The first-order chi connectivity index (χ1) is 4.74. The predicted molar refractivity (Wildman–Crippen MR) is 44.7 cm³/mol. The summed E-state index contributed by atoms with van der Waals surface area (Å²) in [5, 5.41) is 0.663. The third-order valence-corrected chi connectivity index (χ3v) is 3.46. The number of rotatable bonds is 1. The van der Waals surface area contributed by atoms with E-state index >= 15 is 0 Å². The zero-order chi connectivity index (χ0) is 7.56. The van der Waals surface area contributed by atoms with E-state index in [1.165, 1.54) is 0 Å². The fourth-order valence-corrected chi connectivity index (χ4v) is 2.28. The Kier molecular flexibility index (Phi) is 2.58. The van der Waals surface area contributed by atoms with Crippen molar-refractivity contribution >= 4 is 17.7 Å². The normalized spacial score (nSPS) is 25.5. The highest BCUT2D eigenvalue weighted by molar-refractivity contribution is 8.04. The lowest BCUT2D eigenvalue weighted by molar-refractivity contribution is 0.566. The molecule has 1 atom stereocenters. The molecule has 2 heteroatoms. The first kappa shape index (κ1) is 7.90. The van der Waals surface area contributed by atoms with Crippen LogP contribution in [0.4, 0.5) is 0 Å². The van der Waals surface area contributed by atoms with Crippen LogP contribution in [-0.2, 0) is 4.79 Å². The molecule has 1 aliphatic rings. The van der Waals surface area contributed by atoms with Crippen molar-refractivity contribution in [1.29, 1.82) is 0 Å². The molecule has 0 saturated carbocycles. The Balaban J connectivity index is 2.51. The Morgan fingerprint density at radius 3 is 2.70 bits per heavy atom. The van der Waals surface area contributed by atoms with Crippen molar-refractivity contribution in [2.24, 2.45) is 5.92 Å². The number of hydrogen-bond donors (Lipinski definition) is 0. The molecule has 1 unspecified atom stereocenters. The van der Waals surface area contributed by atoms with Gasteiger partial charge in [0.15, 0.2) is 0 Å². The molecule has 0 bridgehead atoms. The molecule has 1 aliphatic heterocycles. The van der Waals surface area contributed by atoms with Gasteiger partial charge >= 0.3 is 0 Å². The number of thioether (sulfide) groups is 1. The van der Waals surface area contributed by atoms with E-state index in [4.69, 9.17) is 0 Å². The van der Waals surface area contributed by atoms with Gasteiger partial charge in [-0.2, -0.15) is 0 Å². The first-order valence-electron chi connectivity index (χ1n) is 3.64. The summed E-state index contributed by atoms with van der Waals surface area (Å²) in [6.07, 6.45) is 2.12. The smallest absolute Gasteiger partial charge is 0.134 e. The van der Waals surface area contributed by atoms with Crippen LogP contribution < -0.4 is 0 Å². The quantitative estimate of drug-likeness (QED) is 0.542. The van der Waals surface area contributed by atoms with Gasteiger partial charge in [-0.3, -0.25) is 0 Å². The lowest BCUT2D eigenvalue weighted by Gasteiger charge is -2.10. The van der Waals surface area contributed by atoms with E-state index in [2.05, 4.69) is 13.8 Å². The minimum atomic E-state index is 0.663. The van der Waals surface area contributed by atoms with E-state index < -0.39 is 0 Å². The van der Waals surface area contributed by atoms with Crippen LogP contribution in [0.2, 0.25) is 0 Å². The van der Waals surface area contributed by atoms with Crippen LogP contribution in [0, 0.1) is 5.92 Å². The summed E-state index contributed by atoms with van der Waals surface area (Å²) in [6.45, 7) is 4.40. The predicted octanol–water partition coefficient (Wildman–Crippen LogP) is 2.25. The maximum atomic E-state index is 10.2. The molecule has 1 nitrogen and oxygen atoms in total. The Morgan fingerprint density at radius 2 is 2.40 bits per heavy atom. The van der Waals surface area contributed by atoms with Crippen molar-refractivity contribution in [2.45, 2.75) is 31.9 Å². The zero-order valence-corrected chi connectivity index (χ0v) is 7.20. The first-order valence-corrected chi connectivity index (χ1v) is 4.52. The molecule has 1 heterocycles. The largest absolute Gasteiger partial charge is 0.233 e. The van der Waals surface area contributed by atoms with E-state index in [-0.39, 0.29) is 0 Å². The molecule has 0 aromatic heterocycles. The molecule has 0 spiro atoms. The molecule has 1 fully saturated rings. The van der Waals surface area contributed by atoms with Gasteiger partial charge in [0, 0.05) is 5.25 Å². The molecular weight excluding hydrogens is 144 g/mol. The molecule has 56 valence electrons. The van der Waals surface area contributed by atoms with Gasteiger partial charge in [0.25, 0.3) is 0 Å². The highest BCUT2D eigenvalue weighted by Gasteiger charge is 2.23. The summed E-state index contributed by atoms with van der Waals surface area (Å²) >= 11 is 1.71. The molecule has 10 heavy (non-hydrogen) atoms. The fraction of sp³-hybridized carbons (Fsp3) is 0.750. The second-order valence-corrected chi connectivity index (χ2v) is 4.30. The Hall–Kier alpha value is -0.200. The van der Waals surface area contributed by atoms with Crippen LogP contribution >= 0.6 is 11.8 Å². The van der Waals surface area contributed by atoms with Gasteiger partial charge < -0.3 is 0 Å². The summed E-state index contributed by atoms with van der Waals surface area (Å²) in [5.74, 6) is 2.67. The van der Waals surface area contributed by atoms with E-state index in [1.54, 1.807) is 11.8 Å². The van der Waals surface area contributed by atoms with E-state index in [0.717, 1.165) is 17.7 Å². The van der Waals surface area contributed by atoms with E-state index in [0.29, 0.717) is 11.2 Å². The average Bonchev–Trinajstić information content (AvgIpc) is 2.34. The maximum Gasteiger partial charge on any atom is 0.134 e. The molecule has 1 saturated heterocycles. The van der Waals surface area contributed by atoms with Crippen molar-refractivity contribution in [1.82, 2.24) is 0 Å². The standard InChI is InChI=1S/C8H12OS/c1-6(2)8-4-3-7(5-9)10-8/h6,8H,3-4H2,1-2H3. The number of allylic oxidation sites excluding steroid dienone is 1. The summed E-state index contributed by atoms with van der Waals surface area (Å²) in [7, 11) is 0. The molecule has 1 rings (SSSR count). The fourth-order valence-electron chi connectivity index (χ4n) is 1.12. The second kappa shape index (κ2) is 3.27. The molecule has 0 aliphatic carbocycles. The van der Waals surface area contributed by atoms with Gasteiger partial charge in [0.1, 0.15) is 5.94 Å². The van der Waals surface area contributed by atoms with E-state index in [1.807, 2.05) is 5.94 Å². The van der Waals surface area contributed by atoms with Gasteiger partial charge in [-0.1, -0.05) is 13.8 Å². The minimum Gasteiger partial charge on any atom is -0.233 e. The Bertz CT molecular complexity index is 168. The van der Waals surface area contributed by atoms with Crippen LogP contribution in [0.1, 0.15) is 26.7 Å². The van der Waals surface area contributed by atoms with Crippen molar-refractivity contribution < 1.29 is 4.79 Å². The second-order valence-electron chi connectivity index (χ2n) is 2.96. The van der Waals surface area contributed by atoms with Crippen molar-refractivity contribution in [3.05, 3.63) is 4.91 Å². The summed E-state index contributed by atoms with van der Waals surface area (Å²) in [5.41, 5.74) is 0. The zero-order valence-electron chi connectivity index (χ0n) is 6.39. The summed E-state index contributed by atoms with van der Waals surface area (Å²) in [6, 6.07) is 0. The van der Waals surface area contributed by atoms with Gasteiger partial charge in [0.2, 0.25) is 0 Å². The van der Waals surface area contributed by atoms with Crippen LogP contribution in [-0.4, -0.2) is 11.2 Å². The lowest BCUT2D eigenvalue weighted by atomic mass is 10.1. The van der Waals surface area contributed by atoms with Crippen molar-refractivity contribution in [3.8, 4) is 0 Å². The number of carbonyl (C=O) groups excluding carboxylic acids is 1. The highest BCUT2D eigenvalue weighted by Crippen LogP contribution is 2.38. The highest BCUT2D eigenvalue weighted by atomic mass is 32.2. The van der Waals surface area contributed by atoms with Crippen LogP contribution in [0.15, 0.2) is 4.91 Å². The van der Waals surface area contributed by atoms with Crippen molar-refractivity contribution in [2.75, 3.05) is 0 Å². The van der Waals surface area contributed by atoms with Gasteiger partial charge in [0.05, 0.1) is 4.91 Å². The van der Waals surface area contributed by atoms with E-state index in [9.17, 15) is 4.79 Å². The minimum absolute atomic E-state index is 0.663. The molecule has 0 radical (unpaired) electrons. The Morgan fingerprint density at radius 1 is 1.70 bits per heavy atom. The third-order valence-electron chi connectivity index (χ3n) is 1.81. The molecule has 0 amide bonds. The lowest BCUT2D eigenvalue weighted by Crippen LogP contribution is -2.05. The molecular formula is C8H12OS. The third kappa shape index (κ3) is 1.65. The van der Waals surface area contributed by atoms with Crippen LogP contribution in [0.25, 0.3) is 0 Å². The number of hydrogen-bond acceptors (Lipinski definition) is 2. The van der Waals surface area contributed by atoms with Gasteiger partial charge in [-0.05, 0) is 18.8 Å². The summed E-state index contributed by atoms with van der Waals surface area (Å²) < 4.78 is 0. The molecule has 0 aromatic carbocycles. The van der Waals surface area contributed by atoms with Gasteiger partial charge in [-0.15, -0.1) is 11.8 Å². The molecule has 0 N–H and O–H groups in total. The molecule has 0 aromatic rings. The van der Waals surface area contributed by atoms with Crippen LogP contribution in [0.3, 0.4) is 0 Å². The maximum absolute atomic E-state index is 10.2. The average molecular weight is 156 g/mol. The Labute approximate surface area is 65.9 Å². The van der Waals surface area contributed by atoms with Crippen LogP contribution in [0.5, 0.6) is 0 Å². The topological polar surface area (TPSA) is 17.1 Å². The SMILES string of the molecule is CC(C)C1CCC(=C=O)S1. The monoisotopic (exact) mass is 156 g/mol.